The number of aromatic nitrogens is 4. The summed E-state index contributed by atoms with van der Waals surface area (Å²) in [6.07, 6.45) is 6.63. The zero-order valence-electron chi connectivity index (χ0n) is 15.7. The quantitative estimate of drug-likeness (QED) is 0.666. The van der Waals surface area contributed by atoms with Gasteiger partial charge in [0.1, 0.15) is 5.75 Å². The van der Waals surface area contributed by atoms with Gasteiger partial charge in [0.05, 0.1) is 35.9 Å². The summed E-state index contributed by atoms with van der Waals surface area (Å²) < 4.78 is 7.49. The first kappa shape index (κ1) is 18.4. The molecule has 0 bridgehead atoms. The molecule has 2 aromatic heterocycles. The van der Waals surface area contributed by atoms with Crippen LogP contribution in [0.4, 0.5) is 0 Å². The van der Waals surface area contributed by atoms with Gasteiger partial charge in [-0.15, -0.1) is 0 Å². The Morgan fingerprint density at radius 2 is 2.00 bits per heavy atom. The van der Waals surface area contributed by atoms with Gasteiger partial charge < -0.3 is 9.64 Å². The van der Waals surface area contributed by atoms with Gasteiger partial charge in [-0.2, -0.15) is 5.10 Å². The molecule has 1 aliphatic heterocycles. The lowest BCUT2D eigenvalue weighted by atomic mass is 10.1. The lowest BCUT2D eigenvalue weighted by molar-refractivity contribution is 0.0731. The Balaban J connectivity index is 1.56. The number of hydrogen-bond donors (Lipinski definition) is 0. The molecular weight excluding hydrogens is 378 g/mol. The SMILES string of the molecule is Cc1c(C(=O)N2CCCC2c2cncc(Oc3ccc(Cl)cc3)n2)cnn1C. The van der Waals surface area contributed by atoms with Gasteiger partial charge in [0, 0.05) is 24.3 Å². The second-order valence-electron chi connectivity index (χ2n) is 6.76. The van der Waals surface area contributed by atoms with Crippen LogP contribution in [0.1, 0.15) is 40.6 Å². The number of halogens is 1. The third kappa shape index (κ3) is 3.57. The molecule has 1 atom stereocenters. The van der Waals surface area contributed by atoms with E-state index in [4.69, 9.17) is 16.3 Å². The second kappa shape index (κ2) is 7.59. The molecule has 4 rings (SSSR count). The molecule has 0 aliphatic carbocycles. The van der Waals surface area contributed by atoms with E-state index in [2.05, 4.69) is 15.1 Å². The van der Waals surface area contributed by atoms with Crippen molar-refractivity contribution in [3.05, 3.63) is 64.8 Å². The van der Waals surface area contributed by atoms with Crippen molar-refractivity contribution in [2.75, 3.05) is 6.54 Å². The highest BCUT2D eigenvalue weighted by atomic mass is 35.5. The van der Waals surface area contributed by atoms with Crippen LogP contribution in [0.2, 0.25) is 5.02 Å². The van der Waals surface area contributed by atoms with Crippen LogP contribution in [0.5, 0.6) is 11.6 Å². The minimum absolute atomic E-state index is 0.0288. The van der Waals surface area contributed by atoms with Gasteiger partial charge >= 0.3 is 0 Å². The van der Waals surface area contributed by atoms with Crippen LogP contribution in [0, 0.1) is 6.92 Å². The molecule has 1 unspecified atom stereocenters. The molecule has 7 nitrogen and oxygen atoms in total. The monoisotopic (exact) mass is 397 g/mol. The topological polar surface area (TPSA) is 73.1 Å². The normalized spacial score (nSPS) is 16.4. The highest BCUT2D eigenvalue weighted by Crippen LogP contribution is 2.33. The van der Waals surface area contributed by atoms with Gasteiger partial charge in [0.2, 0.25) is 5.88 Å². The Labute approximate surface area is 167 Å². The first-order chi connectivity index (χ1) is 13.5. The minimum Gasteiger partial charge on any atom is -0.437 e. The molecule has 1 fully saturated rings. The fourth-order valence-electron chi connectivity index (χ4n) is 3.38. The Hall–Kier alpha value is -2.93. The minimum atomic E-state index is -0.131. The van der Waals surface area contributed by atoms with Crippen molar-refractivity contribution in [2.24, 2.45) is 7.05 Å². The maximum Gasteiger partial charge on any atom is 0.257 e. The lowest BCUT2D eigenvalue weighted by Crippen LogP contribution is -2.31. The molecule has 3 heterocycles. The second-order valence-corrected chi connectivity index (χ2v) is 7.20. The molecule has 8 heteroatoms. The molecule has 28 heavy (non-hydrogen) atoms. The summed E-state index contributed by atoms with van der Waals surface area (Å²) in [6.45, 7) is 2.58. The van der Waals surface area contributed by atoms with Crippen LogP contribution < -0.4 is 4.74 Å². The van der Waals surface area contributed by atoms with Crippen molar-refractivity contribution in [2.45, 2.75) is 25.8 Å². The van der Waals surface area contributed by atoms with Crippen molar-refractivity contribution in [3.8, 4) is 11.6 Å². The fourth-order valence-corrected chi connectivity index (χ4v) is 3.50. The molecular formula is C20H20ClN5O2. The first-order valence-electron chi connectivity index (χ1n) is 9.08. The summed E-state index contributed by atoms with van der Waals surface area (Å²) in [6, 6.07) is 6.91. The summed E-state index contributed by atoms with van der Waals surface area (Å²) >= 11 is 5.91. The van der Waals surface area contributed by atoms with Crippen LogP contribution in [0.15, 0.2) is 42.9 Å². The van der Waals surface area contributed by atoms with E-state index < -0.39 is 0 Å². The number of ether oxygens (including phenoxy) is 1. The summed E-state index contributed by atoms with van der Waals surface area (Å²) in [5.41, 5.74) is 2.19. The van der Waals surface area contributed by atoms with Crippen molar-refractivity contribution in [1.29, 1.82) is 0 Å². The Morgan fingerprint density at radius 1 is 1.21 bits per heavy atom. The van der Waals surface area contributed by atoms with Gasteiger partial charge in [0.25, 0.3) is 5.91 Å². The maximum atomic E-state index is 13.1. The molecule has 0 N–H and O–H groups in total. The number of rotatable bonds is 4. The number of amides is 1. The van der Waals surface area contributed by atoms with Gasteiger partial charge in [-0.3, -0.25) is 14.5 Å². The first-order valence-corrected chi connectivity index (χ1v) is 9.45. The number of benzene rings is 1. The van der Waals surface area contributed by atoms with Crippen LogP contribution in [-0.4, -0.2) is 37.1 Å². The van der Waals surface area contributed by atoms with E-state index in [1.54, 1.807) is 47.5 Å². The van der Waals surface area contributed by atoms with Gasteiger partial charge in [-0.1, -0.05) is 11.6 Å². The van der Waals surface area contributed by atoms with Crippen molar-refractivity contribution in [1.82, 2.24) is 24.6 Å². The van der Waals surface area contributed by atoms with Gasteiger partial charge in [-0.25, -0.2) is 4.98 Å². The molecule has 0 radical (unpaired) electrons. The summed E-state index contributed by atoms with van der Waals surface area (Å²) in [5, 5.41) is 4.82. The zero-order valence-corrected chi connectivity index (χ0v) is 16.4. The van der Waals surface area contributed by atoms with Gasteiger partial charge in [-0.05, 0) is 44.0 Å². The van der Waals surface area contributed by atoms with E-state index in [1.165, 1.54) is 0 Å². The largest absolute Gasteiger partial charge is 0.437 e. The molecule has 1 aromatic carbocycles. The average Bonchev–Trinajstić information content (AvgIpc) is 3.31. The fraction of sp³-hybridized carbons (Fsp3) is 0.300. The molecule has 144 valence electrons. The Bertz CT molecular complexity index is 1000. The summed E-state index contributed by atoms with van der Waals surface area (Å²) in [7, 11) is 1.83. The summed E-state index contributed by atoms with van der Waals surface area (Å²) in [5.74, 6) is 0.983. The van der Waals surface area contributed by atoms with E-state index in [-0.39, 0.29) is 11.9 Å². The Morgan fingerprint density at radius 3 is 2.71 bits per heavy atom. The number of likely N-dealkylation sites (tertiary alicyclic amines) is 1. The number of carbonyl (C=O) groups excluding carboxylic acids is 1. The van der Waals surface area contributed by atoms with Gasteiger partial charge in [0.15, 0.2) is 0 Å². The standard InChI is InChI=1S/C20H20ClN5O2/c1-13-16(10-23-25(13)2)20(27)26-9-3-4-18(26)17-11-22-12-19(24-17)28-15-7-5-14(21)6-8-15/h5-8,10-12,18H,3-4,9H2,1-2H3. The van der Waals surface area contributed by atoms with Crippen LogP contribution in [0.3, 0.4) is 0 Å². The number of aryl methyl sites for hydroxylation is 1. The molecule has 1 saturated heterocycles. The van der Waals surface area contributed by atoms with E-state index in [0.717, 1.165) is 24.2 Å². The highest BCUT2D eigenvalue weighted by molar-refractivity contribution is 6.30. The Kier molecular flexibility index (Phi) is 5.00. The highest BCUT2D eigenvalue weighted by Gasteiger charge is 2.33. The van der Waals surface area contributed by atoms with Crippen LogP contribution in [-0.2, 0) is 7.05 Å². The molecule has 3 aromatic rings. The average molecular weight is 398 g/mol. The molecule has 0 spiro atoms. The van der Waals surface area contributed by atoms with Crippen molar-refractivity contribution >= 4 is 17.5 Å². The van der Waals surface area contributed by atoms with Crippen molar-refractivity contribution in [3.63, 3.8) is 0 Å². The maximum absolute atomic E-state index is 13.1. The van der Waals surface area contributed by atoms with E-state index >= 15 is 0 Å². The third-order valence-corrected chi connectivity index (χ3v) is 5.24. The smallest absolute Gasteiger partial charge is 0.257 e. The third-order valence-electron chi connectivity index (χ3n) is 4.99. The number of carbonyl (C=O) groups is 1. The van der Waals surface area contributed by atoms with Crippen molar-refractivity contribution < 1.29 is 9.53 Å². The van der Waals surface area contributed by atoms with E-state index in [9.17, 15) is 4.79 Å². The predicted molar refractivity (Wildman–Crippen MR) is 105 cm³/mol. The number of nitrogens with zero attached hydrogens (tertiary/aromatic N) is 5. The van der Waals surface area contributed by atoms with E-state index in [0.29, 0.717) is 28.8 Å². The lowest BCUT2D eigenvalue weighted by Gasteiger charge is -2.24. The summed E-state index contributed by atoms with van der Waals surface area (Å²) in [4.78, 5) is 23.8. The van der Waals surface area contributed by atoms with E-state index in [1.807, 2.05) is 18.9 Å². The molecule has 1 aliphatic rings. The predicted octanol–water partition coefficient (Wildman–Crippen LogP) is 3.94. The van der Waals surface area contributed by atoms with Crippen LogP contribution >= 0.6 is 11.6 Å². The zero-order chi connectivity index (χ0) is 19.7. The molecule has 0 saturated carbocycles. The van der Waals surface area contributed by atoms with Crippen LogP contribution in [0.25, 0.3) is 0 Å². The molecule has 1 amide bonds. The number of hydrogen-bond acceptors (Lipinski definition) is 5.